The van der Waals surface area contributed by atoms with Crippen LogP contribution in [0.15, 0.2) is 0 Å². The van der Waals surface area contributed by atoms with Gasteiger partial charge in [0.25, 0.3) is 0 Å². The van der Waals surface area contributed by atoms with Gasteiger partial charge in [0.15, 0.2) is 0 Å². The second-order valence-electron chi connectivity index (χ2n) is 4.67. The number of aliphatic carboxylic acids is 1. The normalized spacial score (nSPS) is 15.6. The number of amides is 2. The zero-order chi connectivity index (χ0) is 13.7. The van der Waals surface area contributed by atoms with Gasteiger partial charge in [0.1, 0.15) is 0 Å². The Hall–Kier alpha value is -1.77. The van der Waals surface area contributed by atoms with Gasteiger partial charge >= 0.3 is 12.0 Å². The zero-order valence-corrected chi connectivity index (χ0v) is 10.8. The summed E-state index contributed by atoms with van der Waals surface area (Å²) in [7, 11) is 1.65. The molecule has 1 fully saturated rings. The third-order valence-electron chi connectivity index (χ3n) is 3.15. The van der Waals surface area contributed by atoms with Gasteiger partial charge in [-0.25, -0.2) is 4.79 Å². The first kappa shape index (κ1) is 14.3. The lowest BCUT2D eigenvalue weighted by Crippen LogP contribution is -2.46. The van der Waals surface area contributed by atoms with Crippen LogP contribution in [-0.4, -0.2) is 52.6 Å². The summed E-state index contributed by atoms with van der Waals surface area (Å²) < 4.78 is 0. The van der Waals surface area contributed by atoms with Gasteiger partial charge in [0, 0.05) is 25.7 Å². The lowest BCUT2D eigenvalue weighted by Gasteiger charge is -2.31. The van der Waals surface area contributed by atoms with Gasteiger partial charge in [-0.1, -0.05) is 0 Å². The Labute approximate surface area is 107 Å². The second kappa shape index (κ2) is 6.24. The number of urea groups is 1. The Morgan fingerprint density at radius 1 is 1.50 bits per heavy atom. The smallest absolute Gasteiger partial charge is 0.320 e. The van der Waals surface area contributed by atoms with Crippen molar-refractivity contribution in [2.75, 3.05) is 13.6 Å². The van der Waals surface area contributed by atoms with Gasteiger partial charge in [-0.15, -0.1) is 0 Å². The zero-order valence-electron chi connectivity index (χ0n) is 10.8. The highest BCUT2D eigenvalue weighted by molar-refractivity contribution is 5.76. The van der Waals surface area contributed by atoms with Gasteiger partial charge in [0.05, 0.1) is 18.9 Å². The van der Waals surface area contributed by atoms with Gasteiger partial charge in [-0.3, -0.25) is 4.79 Å². The summed E-state index contributed by atoms with van der Waals surface area (Å²) in [5.74, 6) is -0.902. The van der Waals surface area contributed by atoms with Crippen molar-refractivity contribution in [1.29, 1.82) is 5.26 Å². The fraction of sp³-hybridized carbons (Fsp3) is 0.750. The van der Waals surface area contributed by atoms with Crippen molar-refractivity contribution in [3.8, 4) is 6.07 Å². The van der Waals surface area contributed by atoms with Crippen LogP contribution in [0.2, 0.25) is 0 Å². The molecule has 1 unspecified atom stereocenters. The summed E-state index contributed by atoms with van der Waals surface area (Å²) in [6.07, 6.45) is 2.11. The summed E-state index contributed by atoms with van der Waals surface area (Å²) in [6, 6.07) is 1.87. The Balaban J connectivity index is 2.59. The lowest BCUT2D eigenvalue weighted by molar-refractivity contribution is -0.137. The first-order valence-electron chi connectivity index (χ1n) is 6.09. The van der Waals surface area contributed by atoms with Gasteiger partial charge in [0.2, 0.25) is 0 Å². The molecule has 6 nitrogen and oxygen atoms in total. The van der Waals surface area contributed by atoms with E-state index in [1.54, 1.807) is 11.9 Å². The van der Waals surface area contributed by atoms with Crippen molar-refractivity contribution in [3.63, 3.8) is 0 Å². The number of carboxylic acid groups (broad SMARTS) is 1. The number of hydrogen-bond acceptors (Lipinski definition) is 3. The molecule has 0 aromatic carbocycles. The van der Waals surface area contributed by atoms with E-state index in [9.17, 15) is 9.59 Å². The molecule has 6 heteroatoms. The first-order chi connectivity index (χ1) is 8.47. The van der Waals surface area contributed by atoms with Crippen LogP contribution in [0, 0.1) is 11.3 Å². The van der Waals surface area contributed by atoms with Crippen LogP contribution >= 0.6 is 0 Å². The maximum absolute atomic E-state index is 12.2. The molecule has 2 amide bonds. The van der Waals surface area contributed by atoms with Crippen LogP contribution in [0.25, 0.3) is 0 Å². The minimum absolute atomic E-state index is 0.0390. The minimum Gasteiger partial charge on any atom is -0.481 e. The van der Waals surface area contributed by atoms with Crippen LogP contribution in [0.1, 0.15) is 32.6 Å². The second-order valence-corrected chi connectivity index (χ2v) is 4.67. The van der Waals surface area contributed by atoms with E-state index in [0.717, 1.165) is 12.8 Å². The third-order valence-corrected chi connectivity index (χ3v) is 3.15. The van der Waals surface area contributed by atoms with Crippen LogP contribution in [0.3, 0.4) is 0 Å². The molecule has 0 aromatic rings. The van der Waals surface area contributed by atoms with Crippen LogP contribution in [-0.2, 0) is 4.79 Å². The SMILES string of the molecule is CC(CC#N)N(C)C(=O)N(CCC(=O)O)C1CC1. The van der Waals surface area contributed by atoms with Crippen molar-refractivity contribution in [3.05, 3.63) is 0 Å². The monoisotopic (exact) mass is 253 g/mol. The molecule has 1 rings (SSSR count). The Kier molecular flexibility index (Phi) is 4.95. The number of carbonyl (C=O) groups is 2. The highest BCUT2D eigenvalue weighted by Gasteiger charge is 2.34. The number of rotatable bonds is 6. The summed E-state index contributed by atoms with van der Waals surface area (Å²) in [6.45, 7) is 2.05. The molecule has 0 aromatic heterocycles. The molecule has 100 valence electrons. The molecule has 1 atom stereocenters. The van der Waals surface area contributed by atoms with E-state index >= 15 is 0 Å². The molecular formula is C12H19N3O3. The molecule has 0 saturated heterocycles. The fourth-order valence-electron chi connectivity index (χ4n) is 1.70. The Morgan fingerprint density at radius 2 is 2.11 bits per heavy atom. The summed E-state index contributed by atoms with van der Waals surface area (Å²) >= 11 is 0. The molecule has 1 aliphatic carbocycles. The molecule has 1 aliphatic rings. The van der Waals surface area contributed by atoms with Crippen LogP contribution in [0.5, 0.6) is 0 Å². The topological polar surface area (TPSA) is 84.6 Å². The third kappa shape index (κ3) is 3.91. The average Bonchev–Trinajstić information content (AvgIpc) is 3.12. The number of hydrogen-bond donors (Lipinski definition) is 1. The molecule has 0 aliphatic heterocycles. The molecule has 0 spiro atoms. The predicted molar refractivity (Wildman–Crippen MR) is 64.8 cm³/mol. The standard InChI is InChI=1S/C12H19N3O3/c1-9(5-7-13)14(2)12(18)15(10-3-4-10)8-6-11(16)17/h9-10H,3-6,8H2,1-2H3,(H,16,17). The van der Waals surface area contributed by atoms with Crippen molar-refractivity contribution < 1.29 is 14.7 Å². The Morgan fingerprint density at radius 3 is 2.56 bits per heavy atom. The number of carbonyl (C=O) groups excluding carboxylic acids is 1. The highest BCUT2D eigenvalue weighted by Crippen LogP contribution is 2.28. The van der Waals surface area contributed by atoms with Crippen molar-refractivity contribution in [2.24, 2.45) is 0 Å². The van der Waals surface area contributed by atoms with E-state index in [2.05, 4.69) is 0 Å². The van der Waals surface area contributed by atoms with Gasteiger partial charge < -0.3 is 14.9 Å². The van der Waals surface area contributed by atoms with Gasteiger partial charge in [-0.05, 0) is 19.8 Å². The largest absolute Gasteiger partial charge is 0.481 e. The lowest BCUT2D eigenvalue weighted by atomic mass is 10.2. The minimum atomic E-state index is -0.902. The van der Waals surface area contributed by atoms with Crippen molar-refractivity contribution in [1.82, 2.24) is 9.80 Å². The molecule has 18 heavy (non-hydrogen) atoms. The highest BCUT2D eigenvalue weighted by atomic mass is 16.4. The van der Waals surface area contributed by atoms with Crippen molar-refractivity contribution in [2.45, 2.75) is 44.7 Å². The van der Waals surface area contributed by atoms with E-state index in [4.69, 9.17) is 10.4 Å². The molecule has 1 saturated carbocycles. The van der Waals surface area contributed by atoms with E-state index in [-0.39, 0.29) is 37.5 Å². The molecule has 1 N–H and O–H groups in total. The summed E-state index contributed by atoms with van der Waals surface area (Å²) in [5.41, 5.74) is 0. The van der Waals surface area contributed by atoms with E-state index < -0.39 is 5.97 Å². The maximum atomic E-state index is 12.2. The van der Waals surface area contributed by atoms with E-state index in [1.807, 2.05) is 13.0 Å². The molecular weight excluding hydrogens is 234 g/mol. The molecule has 0 heterocycles. The van der Waals surface area contributed by atoms with Crippen molar-refractivity contribution >= 4 is 12.0 Å². The quantitative estimate of drug-likeness (QED) is 0.772. The number of nitriles is 1. The predicted octanol–water partition coefficient (Wildman–Crippen LogP) is 1.28. The maximum Gasteiger partial charge on any atom is 0.320 e. The van der Waals surface area contributed by atoms with E-state index in [1.165, 1.54) is 4.90 Å². The molecule has 0 bridgehead atoms. The molecule has 0 radical (unpaired) electrons. The first-order valence-corrected chi connectivity index (χ1v) is 6.09. The number of carboxylic acids is 1. The summed E-state index contributed by atoms with van der Waals surface area (Å²) in [5, 5.41) is 17.3. The summed E-state index contributed by atoms with van der Waals surface area (Å²) in [4.78, 5) is 25.9. The average molecular weight is 253 g/mol. The van der Waals surface area contributed by atoms with Crippen LogP contribution < -0.4 is 0 Å². The number of nitrogens with zero attached hydrogens (tertiary/aromatic N) is 3. The van der Waals surface area contributed by atoms with Crippen LogP contribution in [0.4, 0.5) is 4.79 Å². The van der Waals surface area contributed by atoms with E-state index in [0.29, 0.717) is 0 Å². The fourth-order valence-corrected chi connectivity index (χ4v) is 1.70. The Bertz CT molecular complexity index is 360. The van der Waals surface area contributed by atoms with Gasteiger partial charge in [-0.2, -0.15) is 5.26 Å².